The van der Waals surface area contributed by atoms with E-state index in [-0.39, 0.29) is 16.7 Å². The van der Waals surface area contributed by atoms with Crippen LogP contribution in [0.5, 0.6) is 5.75 Å². The van der Waals surface area contributed by atoms with Crippen molar-refractivity contribution in [2.24, 2.45) is 0 Å². The first-order valence-electron chi connectivity index (χ1n) is 7.49. The van der Waals surface area contributed by atoms with E-state index in [0.29, 0.717) is 17.3 Å². The minimum Gasteiger partial charge on any atom is -0.492 e. The summed E-state index contributed by atoms with van der Waals surface area (Å²) in [5.41, 5.74) is 0. The van der Waals surface area contributed by atoms with Gasteiger partial charge in [0.05, 0.1) is 12.6 Å². The molecule has 1 unspecified atom stereocenters. The molecule has 1 amide bonds. The van der Waals surface area contributed by atoms with Gasteiger partial charge in [-0.25, -0.2) is 8.42 Å². The number of hydrogen-bond acceptors (Lipinski definition) is 5. The second-order valence-electron chi connectivity index (χ2n) is 5.34. The normalized spacial score (nSPS) is 12.6. The third-order valence-electron chi connectivity index (χ3n) is 3.33. The third-order valence-corrected chi connectivity index (χ3v) is 6.50. The third kappa shape index (κ3) is 5.71. The molecule has 1 aromatic heterocycles. The van der Waals surface area contributed by atoms with Crippen molar-refractivity contribution in [1.29, 1.82) is 0 Å². The van der Waals surface area contributed by atoms with Crippen molar-refractivity contribution in [3.8, 4) is 5.75 Å². The molecule has 0 aliphatic carbocycles. The van der Waals surface area contributed by atoms with E-state index >= 15 is 0 Å². The Labute approximate surface area is 156 Å². The van der Waals surface area contributed by atoms with E-state index in [1.165, 1.54) is 17.9 Å². The quantitative estimate of drug-likeness (QED) is 0.736. The Bertz CT molecular complexity index is 809. The molecule has 1 aromatic carbocycles. The van der Waals surface area contributed by atoms with Crippen molar-refractivity contribution in [2.45, 2.75) is 17.2 Å². The van der Waals surface area contributed by atoms with Crippen LogP contribution >= 0.6 is 22.9 Å². The molecule has 136 valence electrons. The zero-order chi connectivity index (χ0) is 18.4. The fraction of sp³-hybridized carbons (Fsp3) is 0.312. The van der Waals surface area contributed by atoms with Crippen LogP contribution in [0.25, 0.3) is 0 Å². The first-order valence-corrected chi connectivity index (χ1v) is 10.2. The van der Waals surface area contributed by atoms with Crippen molar-refractivity contribution >= 4 is 38.9 Å². The molecule has 1 N–H and O–H groups in total. The predicted molar refractivity (Wildman–Crippen MR) is 98.7 cm³/mol. The highest BCUT2D eigenvalue weighted by Gasteiger charge is 2.24. The maximum atomic E-state index is 12.3. The summed E-state index contributed by atoms with van der Waals surface area (Å²) in [7, 11) is -2.09. The molecular formula is C16H19ClN2O4S2. The topological polar surface area (TPSA) is 75.7 Å². The van der Waals surface area contributed by atoms with Gasteiger partial charge in [-0.05, 0) is 36.6 Å². The summed E-state index contributed by atoms with van der Waals surface area (Å²) in [6, 6.07) is 9.23. The summed E-state index contributed by atoms with van der Waals surface area (Å²) < 4.78 is 32.4. The molecule has 0 bridgehead atoms. The van der Waals surface area contributed by atoms with Crippen LogP contribution in [0.1, 0.15) is 6.92 Å². The number of amides is 1. The Kier molecular flexibility index (Phi) is 6.83. The van der Waals surface area contributed by atoms with Gasteiger partial charge in [-0.3, -0.25) is 4.79 Å². The maximum Gasteiger partial charge on any atom is 0.250 e. The van der Waals surface area contributed by atoms with E-state index in [1.807, 2.05) is 0 Å². The molecule has 0 aliphatic heterocycles. The second kappa shape index (κ2) is 8.66. The number of hydrogen-bond donors (Lipinski definition) is 1. The number of nitrogens with zero attached hydrogens (tertiary/aromatic N) is 1. The molecule has 0 fully saturated rings. The SMILES string of the molecule is CC(NS(=O)(=O)c1cccs1)C(=O)N(C)CCOc1cccc(Cl)c1. The lowest BCUT2D eigenvalue weighted by molar-refractivity contribution is -0.131. The van der Waals surface area contributed by atoms with Crippen LogP contribution in [0, 0.1) is 0 Å². The molecule has 25 heavy (non-hydrogen) atoms. The average Bonchev–Trinajstić information content (AvgIpc) is 3.09. The van der Waals surface area contributed by atoms with Crippen molar-refractivity contribution in [2.75, 3.05) is 20.2 Å². The smallest absolute Gasteiger partial charge is 0.250 e. The highest BCUT2D eigenvalue weighted by atomic mass is 35.5. The van der Waals surface area contributed by atoms with Gasteiger partial charge in [-0.2, -0.15) is 4.72 Å². The maximum absolute atomic E-state index is 12.3. The molecule has 0 spiro atoms. The summed E-state index contributed by atoms with van der Waals surface area (Å²) in [5.74, 6) is 0.273. The Balaban J connectivity index is 1.84. The van der Waals surface area contributed by atoms with E-state index in [1.54, 1.807) is 42.8 Å². The van der Waals surface area contributed by atoms with Crippen LogP contribution in [-0.2, 0) is 14.8 Å². The van der Waals surface area contributed by atoms with Crippen LogP contribution in [0.15, 0.2) is 46.0 Å². The number of sulfonamides is 1. The highest BCUT2D eigenvalue weighted by Crippen LogP contribution is 2.17. The molecular weight excluding hydrogens is 384 g/mol. The van der Waals surface area contributed by atoms with Gasteiger partial charge in [-0.15, -0.1) is 11.3 Å². The number of halogens is 1. The van der Waals surface area contributed by atoms with E-state index in [2.05, 4.69) is 4.72 Å². The molecule has 2 rings (SSSR count). The Morgan fingerprint density at radius 1 is 1.36 bits per heavy atom. The lowest BCUT2D eigenvalue weighted by Gasteiger charge is -2.22. The van der Waals surface area contributed by atoms with Gasteiger partial charge in [0.1, 0.15) is 16.6 Å². The molecule has 0 saturated heterocycles. The lowest BCUT2D eigenvalue weighted by Crippen LogP contribution is -2.46. The standard InChI is InChI=1S/C16H19ClN2O4S2/c1-12(18-25(21,22)15-7-4-10-24-15)16(20)19(2)8-9-23-14-6-3-5-13(17)11-14/h3-7,10-12,18H,8-9H2,1-2H3. The Morgan fingerprint density at radius 2 is 2.12 bits per heavy atom. The van der Waals surface area contributed by atoms with Gasteiger partial charge in [0.25, 0.3) is 10.0 Å². The minimum atomic E-state index is -3.69. The van der Waals surface area contributed by atoms with Gasteiger partial charge in [0.15, 0.2) is 0 Å². The van der Waals surface area contributed by atoms with E-state index in [9.17, 15) is 13.2 Å². The van der Waals surface area contributed by atoms with Gasteiger partial charge in [-0.1, -0.05) is 23.7 Å². The molecule has 6 nitrogen and oxygen atoms in total. The highest BCUT2D eigenvalue weighted by molar-refractivity contribution is 7.91. The van der Waals surface area contributed by atoms with E-state index in [0.717, 1.165) is 11.3 Å². The number of carbonyl (C=O) groups is 1. The predicted octanol–water partition coefficient (Wildman–Crippen LogP) is 2.61. The summed E-state index contributed by atoms with van der Waals surface area (Å²) >= 11 is 6.97. The minimum absolute atomic E-state index is 0.180. The van der Waals surface area contributed by atoms with E-state index in [4.69, 9.17) is 16.3 Å². The lowest BCUT2D eigenvalue weighted by atomic mass is 10.3. The fourth-order valence-electron chi connectivity index (χ4n) is 2.06. The zero-order valence-electron chi connectivity index (χ0n) is 13.8. The van der Waals surface area contributed by atoms with Crippen LogP contribution in [0.2, 0.25) is 5.02 Å². The summed E-state index contributed by atoms with van der Waals surface area (Å²) in [5, 5.41) is 2.24. The van der Waals surface area contributed by atoms with Crippen molar-refractivity contribution in [3.05, 3.63) is 46.8 Å². The zero-order valence-corrected chi connectivity index (χ0v) is 16.2. The van der Waals surface area contributed by atoms with Gasteiger partial charge >= 0.3 is 0 Å². The van der Waals surface area contributed by atoms with Crippen molar-refractivity contribution < 1.29 is 17.9 Å². The van der Waals surface area contributed by atoms with Crippen LogP contribution in [0.3, 0.4) is 0 Å². The van der Waals surface area contributed by atoms with Gasteiger partial charge in [0, 0.05) is 12.1 Å². The second-order valence-corrected chi connectivity index (χ2v) is 8.67. The molecule has 1 atom stereocenters. The fourth-order valence-corrected chi connectivity index (χ4v) is 4.44. The van der Waals surface area contributed by atoms with Crippen LogP contribution < -0.4 is 9.46 Å². The number of nitrogens with one attached hydrogen (secondary N) is 1. The number of thiophene rings is 1. The molecule has 1 heterocycles. The van der Waals surface area contributed by atoms with Gasteiger partial charge in [0.2, 0.25) is 5.91 Å². The number of carbonyl (C=O) groups excluding carboxylic acids is 1. The molecule has 9 heteroatoms. The average molecular weight is 403 g/mol. The van der Waals surface area contributed by atoms with Crippen molar-refractivity contribution in [1.82, 2.24) is 9.62 Å². The number of likely N-dealkylation sites (N-methyl/N-ethyl adjacent to an activating group) is 1. The van der Waals surface area contributed by atoms with Crippen LogP contribution in [-0.4, -0.2) is 45.5 Å². The van der Waals surface area contributed by atoms with E-state index < -0.39 is 16.1 Å². The largest absolute Gasteiger partial charge is 0.492 e. The molecule has 0 saturated carbocycles. The molecule has 2 aromatic rings. The van der Waals surface area contributed by atoms with Crippen molar-refractivity contribution in [3.63, 3.8) is 0 Å². The first kappa shape index (κ1) is 19.7. The Hall–Kier alpha value is -1.61. The Morgan fingerprint density at radius 3 is 2.76 bits per heavy atom. The molecule has 0 aliphatic rings. The summed E-state index contributed by atoms with van der Waals surface area (Å²) in [6.45, 7) is 2.10. The number of benzene rings is 1. The van der Waals surface area contributed by atoms with Crippen LogP contribution in [0.4, 0.5) is 0 Å². The summed E-state index contributed by atoms with van der Waals surface area (Å²) in [6.07, 6.45) is 0. The molecule has 0 radical (unpaired) electrons. The number of ether oxygens (including phenoxy) is 1. The monoisotopic (exact) mass is 402 g/mol. The first-order chi connectivity index (χ1) is 11.8. The number of rotatable bonds is 8. The summed E-state index contributed by atoms with van der Waals surface area (Å²) in [4.78, 5) is 13.7. The van der Waals surface area contributed by atoms with Gasteiger partial charge < -0.3 is 9.64 Å².